The van der Waals surface area contributed by atoms with Crippen LogP contribution in [0.25, 0.3) is 0 Å². The molecule has 0 bridgehead atoms. The fourth-order valence-electron chi connectivity index (χ4n) is 7.13. The van der Waals surface area contributed by atoms with Crippen LogP contribution in [0.4, 0.5) is 21.2 Å². The Bertz CT molecular complexity index is 1740. The van der Waals surface area contributed by atoms with Crippen molar-refractivity contribution in [1.29, 1.82) is 0 Å². The Balaban J connectivity index is 1.26. The summed E-state index contributed by atoms with van der Waals surface area (Å²) >= 11 is 0. The van der Waals surface area contributed by atoms with Crippen molar-refractivity contribution in [2.45, 2.75) is 63.2 Å². The Kier molecular flexibility index (Phi) is 8.53. The number of benzene rings is 3. The number of rotatable bonds is 10. The van der Waals surface area contributed by atoms with Gasteiger partial charge in [0.15, 0.2) is 5.60 Å². The largest absolute Gasteiger partial charge is 0.399 e. The Morgan fingerprint density at radius 3 is 2.63 bits per heavy atom. The van der Waals surface area contributed by atoms with E-state index in [1.54, 1.807) is 59.2 Å². The number of carbonyl (C=O) groups excluding carboxylic acids is 2. The van der Waals surface area contributed by atoms with Crippen molar-refractivity contribution in [1.82, 2.24) is 15.0 Å². The van der Waals surface area contributed by atoms with Crippen LogP contribution in [-0.4, -0.2) is 53.0 Å². The van der Waals surface area contributed by atoms with E-state index in [2.05, 4.69) is 15.6 Å². The van der Waals surface area contributed by atoms with Gasteiger partial charge in [0, 0.05) is 59.7 Å². The minimum Gasteiger partial charge on any atom is -0.399 e. The van der Waals surface area contributed by atoms with Gasteiger partial charge in [-0.1, -0.05) is 42.5 Å². The van der Waals surface area contributed by atoms with Gasteiger partial charge in [-0.05, 0) is 67.5 Å². The number of aromatic nitrogens is 3. The van der Waals surface area contributed by atoms with E-state index in [1.807, 2.05) is 49.4 Å². The van der Waals surface area contributed by atoms with Crippen molar-refractivity contribution in [3.8, 4) is 0 Å². The lowest BCUT2D eigenvalue weighted by atomic mass is 9.82. The maximum Gasteiger partial charge on any atom is 0.264 e. The lowest BCUT2D eigenvalue weighted by Crippen LogP contribution is -2.45. The van der Waals surface area contributed by atoms with Gasteiger partial charge in [-0.2, -0.15) is 0 Å². The van der Waals surface area contributed by atoms with E-state index in [0.717, 1.165) is 16.8 Å². The summed E-state index contributed by atoms with van der Waals surface area (Å²) in [6, 6.07) is 21.7. The first kappa shape index (κ1) is 31.6. The lowest BCUT2D eigenvalue weighted by molar-refractivity contribution is -0.146. The number of hydrogen-bond donors (Lipinski definition) is 3. The minimum atomic E-state index is -3.31. The molecule has 46 heavy (non-hydrogen) atoms. The minimum absolute atomic E-state index is 0.0191. The van der Waals surface area contributed by atoms with E-state index in [-0.39, 0.29) is 25.0 Å². The monoisotopic (exact) mass is 642 g/mol. The summed E-state index contributed by atoms with van der Waals surface area (Å²) in [5.74, 6) is -0.888. The number of amides is 2. The molecule has 4 atom stereocenters. The van der Waals surface area contributed by atoms with Crippen LogP contribution < -0.4 is 16.0 Å². The molecule has 0 radical (unpaired) electrons. The van der Waals surface area contributed by atoms with Crippen molar-refractivity contribution >= 4 is 37.3 Å². The SMILES string of the molecule is C[C@@H]1[C@@H]([Si](C)(C)F)[C@H](CCn2cc(CCO)nn2)O[C@@]12C(=O)N(Cc1cccc(NC(=O)c3ccc(N)cc3)c1)c1ccccc12. The third-order valence-electron chi connectivity index (χ3n) is 9.16. The maximum atomic E-state index is 16.1. The van der Waals surface area contributed by atoms with Crippen molar-refractivity contribution < 1.29 is 23.5 Å². The number of aliphatic hydroxyl groups excluding tert-OH is 1. The fraction of sp³-hybridized carbons (Fsp3) is 0.353. The second-order valence-corrected chi connectivity index (χ2v) is 16.5. The molecule has 1 aromatic heterocycles. The third kappa shape index (κ3) is 5.83. The van der Waals surface area contributed by atoms with Crippen molar-refractivity contribution in [3.63, 3.8) is 0 Å². The predicted molar refractivity (Wildman–Crippen MR) is 176 cm³/mol. The van der Waals surface area contributed by atoms with Crippen LogP contribution in [0.5, 0.6) is 0 Å². The molecule has 240 valence electrons. The third-order valence-corrected chi connectivity index (χ3v) is 11.6. The Labute approximate surface area is 268 Å². The summed E-state index contributed by atoms with van der Waals surface area (Å²) in [7, 11) is -3.31. The van der Waals surface area contributed by atoms with Crippen LogP contribution in [0, 0.1) is 5.92 Å². The zero-order chi connectivity index (χ0) is 32.6. The Hall–Kier alpha value is -4.39. The number of aryl methyl sites for hydroxylation is 1. The first-order valence-electron chi connectivity index (χ1n) is 15.5. The molecule has 6 rings (SSSR count). The molecule has 4 N–H and O–H groups in total. The molecule has 2 aliphatic heterocycles. The van der Waals surface area contributed by atoms with E-state index < -0.39 is 31.6 Å². The average molecular weight is 643 g/mol. The smallest absolute Gasteiger partial charge is 0.264 e. The van der Waals surface area contributed by atoms with Crippen LogP contribution in [0.15, 0.2) is 79.0 Å². The molecule has 1 spiro atoms. The van der Waals surface area contributed by atoms with Crippen molar-refractivity contribution in [2.24, 2.45) is 5.92 Å². The number of carbonyl (C=O) groups is 2. The van der Waals surface area contributed by atoms with Crippen LogP contribution in [0.2, 0.25) is 18.6 Å². The topological polar surface area (TPSA) is 136 Å². The molecule has 3 aromatic carbocycles. The number of nitrogen functional groups attached to an aromatic ring is 1. The van der Waals surface area contributed by atoms with Gasteiger partial charge < -0.3 is 29.9 Å². The summed E-state index contributed by atoms with van der Waals surface area (Å²) in [5.41, 5.74) is 8.63. The maximum absolute atomic E-state index is 16.1. The summed E-state index contributed by atoms with van der Waals surface area (Å²) in [6.45, 7) is 5.99. The van der Waals surface area contributed by atoms with Crippen molar-refractivity contribution in [3.05, 3.63) is 101 Å². The molecule has 0 saturated carbocycles. The zero-order valence-electron chi connectivity index (χ0n) is 26.2. The fourth-order valence-corrected chi connectivity index (χ4v) is 9.68. The van der Waals surface area contributed by atoms with E-state index in [0.29, 0.717) is 42.0 Å². The van der Waals surface area contributed by atoms with Crippen LogP contribution in [0.1, 0.15) is 40.5 Å². The zero-order valence-corrected chi connectivity index (χ0v) is 27.2. The number of ether oxygens (including phenoxy) is 1. The molecule has 0 unspecified atom stereocenters. The van der Waals surface area contributed by atoms with E-state index in [9.17, 15) is 14.7 Å². The second-order valence-electron chi connectivity index (χ2n) is 12.7. The van der Waals surface area contributed by atoms with Crippen LogP contribution in [-0.2, 0) is 34.6 Å². The number of para-hydroxylation sites is 1. The average Bonchev–Trinajstić information content (AvgIpc) is 3.67. The standard InChI is InChI=1S/C34H39FN6O4Si/c1-22-31(46(2,3)35)30(15-17-40-21-27(16-18-42)38-39-40)45-34(22)28-9-4-5-10-29(28)41(33(34)44)20-23-7-6-8-26(19-23)37-32(43)24-11-13-25(36)14-12-24/h4-14,19,21-22,30-31,42H,15-18,20,36H2,1-3H3,(H,37,43)/t22-,30+,31-,34+/m1/s1. The summed E-state index contributed by atoms with van der Waals surface area (Å²) in [6.07, 6.45) is 2.15. The lowest BCUT2D eigenvalue weighted by Gasteiger charge is -2.31. The molecule has 3 heterocycles. The van der Waals surface area contributed by atoms with Gasteiger partial charge in [0.2, 0.25) is 8.41 Å². The van der Waals surface area contributed by atoms with Gasteiger partial charge in [0.1, 0.15) is 0 Å². The highest BCUT2D eigenvalue weighted by atomic mass is 28.4. The Morgan fingerprint density at radius 1 is 1.13 bits per heavy atom. The highest BCUT2D eigenvalue weighted by molar-refractivity contribution is 6.72. The van der Waals surface area contributed by atoms with Crippen LogP contribution in [0.3, 0.4) is 0 Å². The number of halogens is 1. The Morgan fingerprint density at radius 2 is 1.89 bits per heavy atom. The number of anilines is 3. The van der Waals surface area contributed by atoms with Gasteiger partial charge in [0.25, 0.3) is 11.8 Å². The van der Waals surface area contributed by atoms with Gasteiger partial charge >= 0.3 is 0 Å². The van der Waals surface area contributed by atoms with Gasteiger partial charge in [-0.3, -0.25) is 14.3 Å². The number of nitrogens with one attached hydrogen (secondary N) is 1. The number of hydrogen-bond acceptors (Lipinski definition) is 7. The van der Waals surface area contributed by atoms with Crippen molar-refractivity contribution in [2.75, 3.05) is 22.6 Å². The highest BCUT2D eigenvalue weighted by Gasteiger charge is 2.66. The van der Waals surface area contributed by atoms with E-state index in [4.69, 9.17) is 10.5 Å². The molecular formula is C34H39FN6O4Si. The quantitative estimate of drug-likeness (QED) is 0.125. The molecule has 1 saturated heterocycles. The summed E-state index contributed by atoms with van der Waals surface area (Å²) in [5, 5.41) is 20.4. The highest BCUT2D eigenvalue weighted by Crippen LogP contribution is 2.60. The summed E-state index contributed by atoms with van der Waals surface area (Å²) < 4.78 is 24.6. The van der Waals surface area contributed by atoms with Gasteiger partial charge in [-0.15, -0.1) is 5.10 Å². The number of nitrogens with two attached hydrogens (primary N) is 1. The molecule has 1 fully saturated rings. The number of nitrogens with zero attached hydrogens (tertiary/aromatic N) is 4. The molecule has 0 aliphatic carbocycles. The number of fused-ring (bicyclic) bond motifs is 2. The normalized spacial score (nSPS) is 22.4. The molecule has 2 amide bonds. The van der Waals surface area contributed by atoms with E-state index in [1.165, 1.54) is 0 Å². The van der Waals surface area contributed by atoms with E-state index >= 15 is 4.11 Å². The summed E-state index contributed by atoms with van der Waals surface area (Å²) in [4.78, 5) is 29.2. The molecule has 10 nitrogen and oxygen atoms in total. The van der Waals surface area contributed by atoms with Crippen LogP contribution >= 0.6 is 0 Å². The predicted octanol–water partition coefficient (Wildman–Crippen LogP) is 5.06. The molecule has 2 aliphatic rings. The first-order valence-corrected chi connectivity index (χ1v) is 18.5. The first-order chi connectivity index (χ1) is 22.0. The molecular weight excluding hydrogens is 603 g/mol. The molecule has 4 aromatic rings. The van der Waals surface area contributed by atoms with Gasteiger partial charge in [-0.25, -0.2) is 0 Å². The second kappa shape index (κ2) is 12.4. The number of aliphatic hydroxyl groups is 1. The molecule has 12 heteroatoms. The van der Waals surface area contributed by atoms with Gasteiger partial charge in [0.05, 0.1) is 24.0 Å².